The number of aromatic nitrogens is 2. The second kappa shape index (κ2) is 6.68. The Balaban J connectivity index is 2.05. The summed E-state index contributed by atoms with van der Waals surface area (Å²) in [7, 11) is 0. The Morgan fingerprint density at radius 3 is 2.84 bits per heavy atom. The van der Waals surface area contributed by atoms with Crippen molar-refractivity contribution in [1.29, 1.82) is 0 Å². The van der Waals surface area contributed by atoms with E-state index in [2.05, 4.69) is 32.5 Å². The summed E-state index contributed by atoms with van der Waals surface area (Å²) >= 11 is 0. The first-order valence-corrected chi connectivity index (χ1v) is 7.08. The summed E-state index contributed by atoms with van der Waals surface area (Å²) in [6, 6.07) is 2.32. The van der Waals surface area contributed by atoms with E-state index in [9.17, 15) is 0 Å². The molecule has 1 aromatic heterocycles. The number of likely N-dealkylation sites (tertiary alicyclic amines) is 1. The molecule has 0 saturated carbocycles. The van der Waals surface area contributed by atoms with Crippen LogP contribution < -0.4 is 16.6 Å². The van der Waals surface area contributed by atoms with E-state index >= 15 is 0 Å². The first-order valence-electron chi connectivity index (χ1n) is 7.08. The van der Waals surface area contributed by atoms with E-state index in [0.717, 1.165) is 31.2 Å². The predicted octanol–water partition coefficient (Wildman–Crippen LogP) is 1.22. The van der Waals surface area contributed by atoms with Crippen molar-refractivity contribution in [2.24, 2.45) is 5.84 Å². The zero-order chi connectivity index (χ0) is 13.7. The molecule has 6 nitrogen and oxygen atoms in total. The highest BCUT2D eigenvalue weighted by Crippen LogP contribution is 2.17. The van der Waals surface area contributed by atoms with E-state index in [1.165, 1.54) is 19.4 Å². The number of anilines is 2. The van der Waals surface area contributed by atoms with Crippen LogP contribution in [0.5, 0.6) is 0 Å². The SMILES string of the molecule is CCc1nc(NN)cc(NC2CCCN(CC)C2)n1. The van der Waals surface area contributed by atoms with Crippen molar-refractivity contribution in [3.05, 3.63) is 11.9 Å². The number of hydrazine groups is 1. The van der Waals surface area contributed by atoms with Gasteiger partial charge in [0.25, 0.3) is 0 Å². The number of aryl methyl sites for hydroxylation is 1. The van der Waals surface area contributed by atoms with Crippen LogP contribution in [0.15, 0.2) is 6.07 Å². The normalized spacial score (nSPS) is 20.3. The van der Waals surface area contributed by atoms with Crippen LogP contribution in [-0.4, -0.2) is 40.5 Å². The highest BCUT2D eigenvalue weighted by molar-refractivity contribution is 5.47. The predicted molar refractivity (Wildman–Crippen MR) is 78.0 cm³/mol. The zero-order valence-electron chi connectivity index (χ0n) is 11.8. The summed E-state index contributed by atoms with van der Waals surface area (Å²) in [4.78, 5) is 11.3. The fraction of sp³-hybridized carbons (Fsp3) is 0.692. The summed E-state index contributed by atoms with van der Waals surface area (Å²) in [6.45, 7) is 7.64. The van der Waals surface area contributed by atoms with Gasteiger partial charge in [0.15, 0.2) is 0 Å². The molecular formula is C13H24N6. The Hall–Kier alpha value is -1.40. The van der Waals surface area contributed by atoms with Crippen molar-refractivity contribution in [3.63, 3.8) is 0 Å². The molecule has 1 atom stereocenters. The Labute approximate surface area is 114 Å². The van der Waals surface area contributed by atoms with E-state index < -0.39 is 0 Å². The maximum Gasteiger partial charge on any atom is 0.145 e. The van der Waals surface area contributed by atoms with Crippen LogP contribution in [0.4, 0.5) is 11.6 Å². The van der Waals surface area contributed by atoms with Crippen LogP contribution >= 0.6 is 0 Å². The molecule has 0 aliphatic carbocycles. The molecule has 106 valence electrons. The van der Waals surface area contributed by atoms with Gasteiger partial charge < -0.3 is 15.6 Å². The lowest BCUT2D eigenvalue weighted by Gasteiger charge is -2.32. The smallest absolute Gasteiger partial charge is 0.145 e. The fourth-order valence-electron chi connectivity index (χ4n) is 2.47. The van der Waals surface area contributed by atoms with Crippen molar-refractivity contribution in [2.75, 3.05) is 30.4 Å². The standard InChI is InChI=1S/C13H24N6/c1-3-11-16-12(8-13(17-11)18-14)15-10-6-5-7-19(4-2)9-10/h8,10H,3-7,9,14H2,1-2H3,(H2,15,16,17,18). The molecular weight excluding hydrogens is 240 g/mol. The molecule has 19 heavy (non-hydrogen) atoms. The fourth-order valence-corrected chi connectivity index (χ4v) is 2.47. The number of likely N-dealkylation sites (N-methyl/N-ethyl adjacent to an activating group) is 1. The third-order valence-electron chi connectivity index (χ3n) is 3.54. The van der Waals surface area contributed by atoms with Gasteiger partial charge in [0, 0.05) is 25.1 Å². The molecule has 1 aromatic rings. The Morgan fingerprint density at radius 2 is 2.16 bits per heavy atom. The highest BCUT2D eigenvalue weighted by atomic mass is 15.3. The summed E-state index contributed by atoms with van der Waals surface area (Å²) in [6.07, 6.45) is 3.22. The monoisotopic (exact) mass is 264 g/mol. The first-order chi connectivity index (χ1) is 9.25. The molecule has 0 aromatic carbocycles. The largest absolute Gasteiger partial charge is 0.366 e. The first kappa shape index (κ1) is 14.0. The maximum absolute atomic E-state index is 5.44. The van der Waals surface area contributed by atoms with Gasteiger partial charge in [-0.3, -0.25) is 0 Å². The Morgan fingerprint density at radius 1 is 1.37 bits per heavy atom. The van der Waals surface area contributed by atoms with Gasteiger partial charge in [-0.1, -0.05) is 13.8 Å². The van der Waals surface area contributed by atoms with Gasteiger partial charge in [0.05, 0.1) is 0 Å². The number of nitrogens with one attached hydrogen (secondary N) is 2. The van der Waals surface area contributed by atoms with E-state index in [-0.39, 0.29) is 0 Å². The lowest BCUT2D eigenvalue weighted by atomic mass is 10.1. The number of nitrogens with zero attached hydrogens (tertiary/aromatic N) is 3. The molecule has 1 fully saturated rings. The van der Waals surface area contributed by atoms with Gasteiger partial charge in [-0.2, -0.15) is 0 Å². The number of hydrogen-bond donors (Lipinski definition) is 3. The van der Waals surface area contributed by atoms with Crippen molar-refractivity contribution in [2.45, 2.75) is 39.2 Å². The maximum atomic E-state index is 5.44. The van der Waals surface area contributed by atoms with Gasteiger partial charge in [-0.05, 0) is 25.9 Å². The lowest BCUT2D eigenvalue weighted by Crippen LogP contribution is -2.42. The van der Waals surface area contributed by atoms with Gasteiger partial charge in [-0.25, -0.2) is 15.8 Å². The molecule has 1 unspecified atom stereocenters. The summed E-state index contributed by atoms with van der Waals surface area (Å²) in [5.41, 5.74) is 2.60. The average Bonchev–Trinajstić information content (AvgIpc) is 2.47. The number of nitrogens with two attached hydrogens (primary N) is 1. The number of nitrogen functional groups attached to an aromatic ring is 1. The molecule has 4 N–H and O–H groups in total. The van der Waals surface area contributed by atoms with Crippen LogP contribution in [-0.2, 0) is 6.42 Å². The Kier molecular flexibility index (Phi) is 4.93. The van der Waals surface area contributed by atoms with E-state index in [0.29, 0.717) is 11.9 Å². The van der Waals surface area contributed by atoms with Crippen molar-refractivity contribution >= 4 is 11.6 Å². The van der Waals surface area contributed by atoms with Gasteiger partial charge in [0.1, 0.15) is 17.5 Å². The van der Waals surface area contributed by atoms with Crippen LogP contribution in [0.2, 0.25) is 0 Å². The molecule has 1 aliphatic heterocycles. The molecule has 0 amide bonds. The minimum absolute atomic E-state index is 0.457. The molecule has 0 bridgehead atoms. The number of hydrogen-bond acceptors (Lipinski definition) is 6. The highest BCUT2D eigenvalue weighted by Gasteiger charge is 2.19. The molecule has 2 rings (SSSR count). The second-order valence-electron chi connectivity index (χ2n) is 4.93. The molecule has 2 heterocycles. The van der Waals surface area contributed by atoms with Gasteiger partial charge in [-0.15, -0.1) is 0 Å². The number of rotatable bonds is 5. The summed E-state index contributed by atoms with van der Waals surface area (Å²) < 4.78 is 0. The minimum atomic E-state index is 0.457. The quantitative estimate of drug-likeness (QED) is 0.548. The molecule has 0 radical (unpaired) electrons. The van der Waals surface area contributed by atoms with E-state index in [4.69, 9.17) is 5.84 Å². The van der Waals surface area contributed by atoms with Crippen molar-refractivity contribution in [3.8, 4) is 0 Å². The molecule has 1 aliphatic rings. The van der Waals surface area contributed by atoms with Crippen LogP contribution in [0.25, 0.3) is 0 Å². The molecule has 6 heteroatoms. The molecule has 0 spiro atoms. The summed E-state index contributed by atoms with van der Waals surface area (Å²) in [5, 5.41) is 3.51. The van der Waals surface area contributed by atoms with Crippen LogP contribution in [0, 0.1) is 0 Å². The van der Waals surface area contributed by atoms with Gasteiger partial charge in [0.2, 0.25) is 0 Å². The zero-order valence-corrected chi connectivity index (χ0v) is 11.8. The topological polar surface area (TPSA) is 79.1 Å². The van der Waals surface area contributed by atoms with Crippen molar-refractivity contribution < 1.29 is 0 Å². The third-order valence-corrected chi connectivity index (χ3v) is 3.54. The minimum Gasteiger partial charge on any atom is -0.366 e. The summed E-state index contributed by atoms with van der Waals surface area (Å²) in [5.74, 6) is 7.78. The van der Waals surface area contributed by atoms with Gasteiger partial charge >= 0.3 is 0 Å². The van der Waals surface area contributed by atoms with Crippen molar-refractivity contribution in [1.82, 2.24) is 14.9 Å². The average molecular weight is 264 g/mol. The van der Waals surface area contributed by atoms with Crippen LogP contribution in [0.1, 0.15) is 32.5 Å². The van der Waals surface area contributed by atoms with E-state index in [1.54, 1.807) is 0 Å². The lowest BCUT2D eigenvalue weighted by molar-refractivity contribution is 0.226. The third kappa shape index (κ3) is 3.78. The Bertz CT molecular complexity index is 386. The second-order valence-corrected chi connectivity index (χ2v) is 4.93. The molecule has 1 saturated heterocycles. The van der Waals surface area contributed by atoms with E-state index in [1.807, 2.05) is 13.0 Å². The van der Waals surface area contributed by atoms with Crippen LogP contribution in [0.3, 0.4) is 0 Å². The number of piperidine rings is 1.